The second-order valence-electron chi connectivity index (χ2n) is 4.82. The average molecular weight is 276 g/mol. The molecular formula is C15H20N2O3. The Morgan fingerprint density at radius 2 is 2.05 bits per heavy atom. The van der Waals surface area contributed by atoms with Crippen molar-refractivity contribution in [3.8, 4) is 5.75 Å². The van der Waals surface area contributed by atoms with Crippen LogP contribution in [0.1, 0.15) is 26.7 Å². The second kappa shape index (κ2) is 6.41. The molecule has 1 aromatic rings. The van der Waals surface area contributed by atoms with Crippen molar-refractivity contribution in [2.45, 2.75) is 32.7 Å². The lowest BCUT2D eigenvalue weighted by atomic mass is 10.1. The summed E-state index contributed by atoms with van der Waals surface area (Å²) in [7, 11) is 0. The smallest absolute Gasteiger partial charge is 0.265 e. The van der Waals surface area contributed by atoms with Gasteiger partial charge in [0.15, 0.2) is 6.61 Å². The van der Waals surface area contributed by atoms with E-state index in [4.69, 9.17) is 4.74 Å². The van der Waals surface area contributed by atoms with E-state index in [0.717, 1.165) is 12.8 Å². The minimum Gasteiger partial charge on any atom is -0.482 e. The van der Waals surface area contributed by atoms with Crippen molar-refractivity contribution < 1.29 is 14.3 Å². The molecule has 0 fully saturated rings. The molecule has 1 aliphatic rings. The lowest BCUT2D eigenvalue weighted by Gasteiger charge is -2.29. The molecule has 108 valence electrons. The largest absolute Gasteiger partial charge is 0.482 e. The Bertz CT molecular complexity index is 498. The van der Waals surface area contributed by atoms with Gasteiger partial charge in [-0.15, -0.1) is 0 Å². The normalized spacial score (nSPS) is 13.9. The predicted octanol–water partition coefficient (Wildman–Crippen LogP) is 1.72. The molecule has 0 unspecified atom stereocenters. The van der Waals surface area contributed by atoms with E-state index in [0.29, 0.717) is 11.4 Å². The summed E-state index contributed by atoms with van der Waals surface area (Å²) >= 11 is 0. The number of anilines is 1. The van der Waals surface area contributed by atoms with Crippen molar-refractivity contribution in [1.29, 1.82) is 0 Å². The van der Waals surface area contributed by atoms with E-state index in [1.807, 2.05) is 26.0 Å². The first kappa shape index (κ1) is 14.4. The summed E-state index contributed by atoms with van der Waals surface area (Å²) in [4.78, 5) is 25.5. The lowest BCUT2D eigenvalue weighted by molar-refractivity contribution is -0.125. The zero-order valence-corrected chi connectivity index (χ0v) is 11.9. The number of amides is 2. The molecule has 20 heavy (non-hydrogen) atoms. The molecule has 0 atom stereocenters. The van der Waals surface area contributed by atoms with Gasteiger partial charge >= 0.3 is 0 Å². The fraction of sp³-hybridized carbons (Fsp3) is 0.467. The van der Waals surface area contributed by atoms with E-state index in [1.54, 1.807) is 12.1 Å². The predicted molar refractivity (Wildman–Crippen MR) is 76.8 cm³/mol. The van der Waals surface area contributed by atoms with Gasteiger partial charge in [0, 0.05) is 6.04 Å². The van der Waals surface area contributed by atoms with E-state index in [9.17, 15) is 9.59 Å². The molecule has 0 saturated heterocycles. The fourth-order valence-corrected chi connectivity index (χ4v) is 2.24. The van der Waals surface area contributed by atoms with Crippen LogP contribution in [0.4, 0.5) is 5.69 Å². The first-order valence-corrected chi connectivity index (χ1v) is 6.97. The summed E-state index contributed by atoms with van der Waals surface area (Å²) in [5.41, 5.74) is 0.656. The summed E-state index contributed by atoms with van der Waals surface area (Å²) in [6.45, 7) is 4.08. The molecule has 1 aromatic carbocycles. The third-order valence-electron chi connectivity index (χ3n) is 3.46. The van der Waals surface area contributed by atoms with Gasteiger partial charge < -0.3 is 10.1 Å². The maximum atomic E-state index is 12.0. The van der Waals surface area contributed by atoms with E-state index in [1.165, 1.54) is 4.90 Å². The molecule has 0 spiro atoms. The highest BCUT2D eigenvalue weighted by Crippen LogP contribution is 2.31. The van der Waals surface area contributed by atoms with Gasteiger partial charge in [-0.05, 0) is 25.0 Å². The highest BCUT2D eigenvalue weighted by atomic mass is 16.5. The van der Waals surface area contributed by atoms with E-state index in [2.05, 4.69) is 5.32 Å². The number of fused-ring (bicyclic) bond motifs is 1. The van der Waals surface area contributed by atoms with Crippen molar-refractivity contribution in [2.24, 2.45) is 0 Å². The van der Waals surface area contributed by atoms with Gasteiger partial charge in [0.25, 0.3) is 5.91 Å². The Labute approximate surface area is 118 Å². The quantitative estimate of drug-likeness (QED) is 0.890. The third-order valence-corrected chi connectivity index (χ3v) is 3.46. The lowest BCUT2D eigenvalue weighted by Crippen LogP contribution is -2.47. The third kappa shape index (κ3) is 3.10. The zero-order chi connectivity index (χ0) is 14.5. The van der Waals surface area contributed by atoms with Gasteiger partial charge in [-0.2, -0.15) is 0 Å². The summed E-state index contributed by atoms with van der Waals surface area (Å²) < 4.78 is 5.35. The first-order chi connectivity index (χ1) is 9.65. The van der Waals surface area contributed by atoms with Crippen LogP contribution in [0.2, 0.25) is 0 Å². The standard InChI is InChI=1S/C15H20N2O3/c1-3-11(4-2)16-14(18)9-17-12-7-5-6-8-13(12)20-10-15(17)19/h5-8,11H,3-4,9-10H2,1-2H3,(H,16,18). The fourth-order valence-electron chi connectivity index (χ4n) is 2.24. The van der Waals surface area contributed by atoms with Crippen LogP contribution in [-0.2, 0) is 9.59 Å². The van der Waals surface area contributed by atoms with Gasteiger partial charge in [0.2, 0.25) is 5.91 Å². The number of nitrogens with zero attached hydrogens (tertiary/aromatic N) is 1. The Morgan fingerprint density at radius 1 is 1.35 bits per heavy atom. The van der Waals surface area contributed by atoms with Gasteiger partial charge in [-0.25, -0.2) is 0 Å². The van der Waals surface area contributed by atoms with Crippen molar-refractivity contribution in [3.05, 3.63) is 24.3 Å². The molecule has 1 heterocycles. The van der Waals surface area contributed by atoms with Crippen LogP contribution in [0.3, 0.4) is 0 Å². The maximum absolute atomic E-state index is 12.0. The van der Waals surface area contributed by atoms with E-state index in [-0.39, 0.29) is 31.0 Å². The second-order valence-corrected chi connectivity index (χ2v) is 4.82. The Kier molecular flexibility index (Phi) is 4.61. The Hall–Kier alpha value is -2.04. The molecule has 5 nitrogen and oxygen atoms in total. The van der Waals surface area contributed by atoms with Crippen LogP contribution in [0, 0.1) is 0 Å². The van der Waals surface area contributed by atoms with Crippen molar-refractivity contribution in [3.63, 3.8) is 0 Å². The molecule has 0 saturated carbocycles. The topological polar surface area (TPSA) is 58.6 Å². The molecule has 0 radical (unpaired) electrons. The number of nitrogens with one attached hydrogen (secondary N) is 1. The van der Waals surface area contributed by atoms with Gasteiger partial charge in [-0.3, -0.25) is 14.5 Å². The Balaban J connectivity index is 2.08. The molecule has 2 amide bonds. The molecule has 0 aromatic heterocycles. The number of hydrogen-bond donors (Lipinski definition) is 1. The van der Waals surface area contributed by atoms with E-state index >= 15 is 0 Å². The van der Waals surface area contributed by atoms with Crippen LogP contribution in [0.15, 0.2) is 24.3 Å². The number of para-hydroxylation sites is 2. The molecule has 2 rings (SSSR count). The van der Waals surface area contributed by atoms with Crippen molar-refractivity contribution in [2.75, 3.05) is 18.1 Å². The maximum Gasteiger partial charge on any atom is 0.265 e. The number of ether oxygens (including phenoxy) is 1. The first-order valence-electron chi connectivity index (χ1n) is 6.97. The summed E-state index contributed by atoms with van der Waals surface area (Å²) in [6, 6.07) is 7.42. The molecule has 1 N–H and O–H groups in total. The number of rotatable bonds is 5. The minimum absolute atomic E-state index is 0.0186. The molecule has 5 heteroatoms. The van der Waals surface area contributed by atoms with Gasteiger partial charge in [0.1, 0.15) is 12.3 Å². The van der Waals surface area contributed by atoms with E-state index < -0.39 is 0 Å². The molecule has 1 aliphatic heterocycles. The van der Waals surface area contributed by atoms with Crippen LogP contribution in [-0.4, -0.2) is 31.0 Å². The highest BCUT2D eigenvalue weighted by Gasteiger charge is 2.27. The monoisotopic (exact) mass is 276 g/mol. The van der Waals surface area contributed by atoms with Gasteiger partial charge in [0.05, 0.1) is 5.69 Å². The number of hydrogen-bond acceptors (Lipinski definition) is 3. The molecular weight excluding hydrogens is 256 g/mol. The SMILES string of the molecule is CCC(CC)NC(=O)CN1C(=O)COc2ccccc21. The highest BCUT2D eigenvalue weighted by molar-refractivity contribution is 6.02. The number of benzene rings is 1. The number of carbonyl (C=O) groups is 2. The minimum atomic E-state index is -0.191. The van der Waals surface area contributed by atoms with Crippen LogP contribution < -0.4 is 15.0 Å². The van der Waals surface area contributed by atoms with Crippen LogP contribution >= 0.6 is 0 Å². The summed E-state index contributed by atoms with van der Waals surface area (Å²) in [5.74, 6) is 0.314. The van der Waals surface area contributed by atoms with Gasteiger partial charge in [-0.1, -0.05) is 26.0 Å². The molecule has 0 bridgehead atoms. The zero-order valence-electron chi connectivity index (χ0n) is 11.9. The summed E-state index contributed by atoms with van der Waals surface area (Å²) in [6.07, 6.45) is 1.77. The number of carbonyl (C=O) groups excluding carboxylic acids is 2. The van der Waals surface area contributed by atoms with Crippen molar-refractivity contribution in [1.82, 2.24) is 5.32 Å². The van der Waals surface area contributed by atoms with Crippen molar-refractivity contribution >= 4 is 17.5 Å². The molecule has 0 aliphatic carbocycles. The summed E-state index contributed by atoms with van der Waals surface area (Å²) in [5, 5.41) is 2.94. The Morgan fingerprint density at radius 3 is 2.75 bits per heavy atom. The van der Waals surface area contributed by atoms with Crippen LogP contribution in [0.25, 0.3) is 0 Å². The van der Waals surface area contributed by atoms with Crippen LogP contribution in [0.5, 0.6) is 5.75 Å². The average Bonchev–Trinajstić information content (AvgIpc) is 2.47.